The van der Waals surface area contributed by atoms with Gasteiger partial charge in [0.15, 0.2) is 11.6 Å². The molecule has 0 unspecified atom stereocenters. The van der Waals surface area contributed by atoms with Gasteiger partial charge in [0.25, 0.3) is 0 Å². The molecule has 0 fully saturated rings. The first-order chi connectivity index (χ1) is 6.52. The lowest BCUT2D eigenvalue weighted by atomic mass is 9.97. The van der Waals surface area contributed by atoms with Crippen molar-refractivity contribution in [2.75, 3.05) is 0 Å². The fourth-order valence-corrected chi connectivity index (χ4v) is 1.47. The third kappa shape index (κ3) is 3.68. The maximum atomic E-state index is 13.0. The van der Waals surface area contributed by atoms with Crippen LogP contribution in [0.1, 0.15) is 31.9 Å². The second kappa shape index (κ2) is 5.93. The molecule has 0 saturated carbocycles. The van der Waals surface area contributed by atoms with E-state index < -0.39 is 5.82 Å². The second-order valence-electron chi connectivity index (χ2n) is 3.91. The van der Waals surface area contributed by atoms with E-state index in [1.54, 1.807) is 12.1 Å². The smallest absolute Gasteiger partial charge is 0.165 e. The van der Waals surface area contributed by atoms with Crippen LogP contribution in [0.2, 0.25) is 0 Å². The third-order valence-electron chi connectivity index (χ3n) is 2.14. The molecular formula is C11H17ClFNO. The van der Waals surface area contributed by atoms with E-state index in [0.29, 0.717) is 11.5 Å². The van der Waals surface area contributed by atoms with Gasteiger partial charge in [-0.1, -0.05) is 26.0 Å². The average Bonchev–Trinajstić information content (AvgIpc) is 2.08. The van der Waals surface area contributed by atoms with E-state index in [2.05, 4.69) is 0 Å². The number of phenolic OH excluding ortho intramolecular Hbond substituents is 1. The minimum absolute atomic E-state index is 0. The molecule has 3 N–H and O–H groups in total. The van der Waals surface area contributed by atoms with Gasteiger partial charge in [-0.25, -0.2) is 4.39 Å². The van der Waals surface area contributed by atoms with Crippen LogP contribution in [0.15, 0.2) is 18.2 Å². The largest absolute Gasteiger partial charge is 0.505 e. The van der Waals surface area contributed by atoms with Crippen molar-refractivity contribution in [1.82, 2.24) is 0 Å². The van der Waals surface area contributed by atoms with E-state index in [9.17, 15) is 9.50 Å². The van der Waals surface area contributed by atoms with Gasteiger partial charge in [0.05, 0.1) is 0 Å². The minimum Gasteiger partial charge on any atom is -0.505 e. The topological polar surface area (TPSA) is 46.2 Å². The Morgan fingerprint density at radius 1 is 1.40 bits per heavy atom. The normalized spacial score (nSPS) is 12.3. The highest BCUT2D eigenvalue weighted by atomic mass is 35.5. The zero-order valence-corrected chi connectivity index (χ0v) is 9.72. The van der Waals surface area contributed by atoms with Gasteiger partial charge in [-0.15, -0.1) is 12.4 Å². The summed E-state index contributed by atoms with van der Waals surface area (Å²) in [7, 11) is 0. The molecule has 15 heavy (non-hydrogen) atoms. The summed E-state index contributed by atoms with van der Waals surface area (Å²) in [6.07, 6.45) is 0.733. The van der Waals surface area contributed by atoms with E-state index in [-0.39, 0.29) is 24.2 Å². The molecule has 0 aromatic heterocycles. The summed E-state index contributed by atoms with van der Waals surface area (Å²) in [6.45, 7) is 4.08. The zero-order chi connectivity index (χ0) is 10.7. The van der Waals surface area contributed by atoms with E-state index in [1.807, 2.05) is 13.8 Å². The number of nitrogens with two attached hydrogens (primary N) is 1. The van der Waals surface area contributed by atoms with Crippen LogP contribution in [0.4, 0.5) is 4.39 Å². The van der Waals surface area contributed by atoms with E-state index in [0.717, 1.165) is 6.42 Å². The number of rotatable bonds is 3. The molecule has 0 aliphatic carbocycles. The number of halogens is 2. The number of aromatic hydroxyl groups is 1. The Morgan fingerprint density at radius 3 is 2.53 bits per heavy atom. The van der Waals surface area contributed by atoms with Crippen LogP contribution in [0, 0.1) is 11.7 Å². The van der Waals surface area contributed by atoms with Gasteiger partial charge in [0.1, 0.15) is 0 Å². The van der Waals surface area contributed by atoms with E-state index in [1.165, 1.54) is 6.07 Å². The van der Waals surface area contributed by atoms with Gasteiger partial charge < -0.3 is 10.8 Å². The molecule has 2 nitrogen and oxygen atoms in total. The second-order valence-corrected chi connectivity index (χ2v) is 3.91. The first-order valence-electron chi connectivity index (χ1n) is 4.75. The first kappa shape index (κ1) is 14.2. The van der Waals surface area contributed by atoms with Crippen molar-refractivity contribution in [3.05, 3.63) is 29.6 Å². The number of phenols is 1. The van der Waals surface area contributed by atoms with Crippen molar-refractivity contribution >= 4 is 12.4 Å². The van der Waals surface area contributed by atoms with Crippen LogP contribution in [-0.2, 0) is 0 Å². The lowest BCUT2D eigenvalue weighted by molar-refractivity contribution is 0.411. The highest BCUT2D eigenvalue weighted by molar-refractivity contribution is 5.85. The molecule has 0 spiro atoms. The lowest BCUT2D eigenvalue weighted by Gasteiger charge is -2.15. The highest BCUT2D eigenvalue weighted by Crippen LogP contribution is 2.28. The number of hydrogen-bond donors (Lipinski definition) is 2. The molecule has 0 bridgehead atoms. The first-order valence-corrected chi connectivity index (χ1v) is 4.75. The van der Waals surface area contributed by atoms with Gasteiger partial charge >= 0.3 is 0 Å². The Kier molecular flexibility index (Phi) is 5.61. The van der Waals surface area contributed by atoms with Crippen LogP contribution in [0.5, 0.6) is 5.75 Å². The number of para-hydroxylation sites is 1. The standard InChI is InChI=1S/C11H16FNO.ClH/c1-7(2)6-10(13)8-4-3-5-9(12)11(8)14;/h3-5,7,10,14H,6,13H2,1-2H3;1H/t10-;/m0./s1. The van der Waals surface area contributed by atoms with Crippen LogP contribution >= 0.6 is 12.4 Å². The molecule has 0 aliphatic heterocycles. The third-order valence-corrected chi connectivity index (χ3v) is 2.14. The predicted molar refractivity (Wildman–Crippen MR) is 61.7 cm³/mol. The van der Waals surface area contributed by atoms with E-state index >= 15 is 0 Å². The van der Waals surface area contributed by atoms with Crippen molar-refractivity contribution in [3.8, 4) is 5.75 Å². The molecule has 1 aromatic carbocycles. The van der Waals surface area contributed by atoms with Crippen LogP contribution < -0.4 is 5.73 Å². The van der Waals surface area contributed by atoms with E-state index in [4.69, 9.17) is 5.73 Å². The lowest BCUT2D eigenvalue weighted by Crippen LogP contribution is -2.13. The van der Waals surface area contributed by atoms with Gasteiger partial charge in [-0.2, -0.15) is 0 Å². The molecule has 1 aromatic rings. The monoisotopic (exact) mass is 233 g/mol. The molecule has 0 amide bonds. The minimum atomic E-state index is -0.610. The average molecular weight is 234 g/mol. The van der Waals surface area contributed by atoms with Crippen LogP contribution in [-0.4, -0.2) is 5.11 Å². The Bertz CT molecular complexity index is 317. The molecular weight excluding hydrogens is 217 g/mol. The molecule has 86 valence electrons. The summed E-state index contributed by atoms with van der Waals surface area (Å²) in [5.74, 6) is -0.505. The summed E-state index contributed by atoms with van der Waals surface area (Å²) < 4.78 is 13.0. The maximum Gasteiger partial charge on any atom is 0.165 e. The van der Waals surface area contributed by atoms with Crippen molar-refractivity contribution in [2.24, 2.45) is 11.7 Å². The Morgan fingerprint density at radius 2 is 2.00 bits per heavy atom. The molecule has 4 heteroatoms. The number of hydrogen-bond acceptors (Lipinski definition) is 2. The van der Waals surface area contributed by atoms with Gasteiger partial charge in [0, 0.05) is 11.6 Å². The Hall–Kier alpha value is -0.800. The Labute approximate surface area is 95.7 Å². The summed E-state index contributed by atoms with van der Waals surface area (Å²) >= 11 is 0. The van der Waals surface area contributed by atoms with Crippen molar-refractivity contribution in [2.45, 2.75) is 26.3 Å². The quantitative estimate of drug-likeness (QED) is 0.843. The summed E-state index contributed by atoms with van der Waals surface area (Å²) in [5.41, 5.74) is 6.32. The summed E-state index contributed by atoms with van der Waals surface area (Å²) in [5, 5.41) is 9.43. The molecule has 0 saturated heterocycles. The molecule has 0 radical (unpaired) electrons. The molecule has 0 aliphatic rings. The molecule has 1 atom stereocenters. The van der Waals surface area contributed by atoms with Crippen LogP contribution in [0.3, 0.4) is 0 Å². The van der Waals surface area contributed by atoms with Gasteiger partial charge in [-0.05, 0) is 18.4 Å². The van der Waals surface area contributed by atoms with Crippen molar-refractivity contribution < 1.29 is 9.50 Å². The fraction of sp³-hybridized carbons (Fsp3) is 0.455. The highest BCUT2D eigenvalue weighted by Gasteiger charge is 2.14. The Balaban J connectivity index is 0.00000196. The van der Waals surface area contributed by atoms with Gasteiger partial charge in [-0.3, -0.25) is 0 Å². The maximum absolute atomic E-state index is 13.0. The summed E-state index contributed by atoms with van der Waals surface area (Å²) in [6, 6.07) is 4.14. The van der Waals surface area contributed by atoms with Crippen molar-refractivity contribution in [3.63, 3.8) is 0 Å². The SMILES string of the molecule is CC(C)C[C@H](N)c1cccc(F)c1O.Cl. The summed E-state index contributed by atoms with van der Waals surface area (Å²) in [4.78, 5) is 0. The predicted octanol–water partition coefficient (Wildman–Crippen LogP) is 3.00. The van der Waals surface area contributed by atoms with Crippen LogP contribution in [0.25, 0.3) is 0 Å². The molecule has 0 heterocycles. The zero-order valence-electron chi connectivity index (χ0n) is 8.90. The van der Waals surface area contributed by atoms with Crippen molar-refractivity contribution in [1.29, 1.82) is 0 Å². The fourth-order valence-electron chi connectivity index (χ4n) is 1.47. The van der Waals surface area contributed by atoms with Gasteiger partial charge in [0.2, 0.25) is 0 Å². The number of benzene rings is 1. The molecule has 1 rings (SSSR count).